The fourth-order valence-electron chi connectivity index (χ4n) is 16.1. The second-order valence-corrected chi connectivity index (χ2v) is 123. The van der Waals surface area contributed by atoms with Crippen molar-refractivity contribution in [3.63, 3.8) is 0 Å². The fourth-order valence-corrected chi connectivity index (χ4v) is 237. The summed E-state index contributed by atoms with van der Waals surface area (Å²) in [6, 6.07) is 30.0. The number of benzene rings is 4. The summed E-state index contributed by atoms with van der Waals surface area (Å²) in [5.74, 6) is 3.70. The third-order valence-corrected chi connectivity index (χ3v) is 175. The maximum Gasteiger partial charge on any atom is -0.0866 e. The molecule has 2 aliphatic rings. The molecule has 4 aromatic rings. The van der Waals surface area contributed by atoms with Crippen molar-refractivity contribution in [2.75, 3.05) is 0 Å². The largest absolute Gasteiger partial charge is 0.199 e. The van der Waals surface area contributed by atoms with Gasteiger partial charge in [0.2, 0.25) is 0 Å². The van der Waals surface area contributed by atoms with Crippen molar-refractivity contribution in [3.05, 3.63) is 132 Å². The van der Waals surface area contributed by atoms with Crippen LogP contribution < -0.4 is 10.4 Å². The minimum absolute atomic E-state index is 0.0331. The minimum atomic E-state index is -2.06. The van der Waals surface area contributed by atoms with Crippen molar-refractivity contribution in [2.24, 2.45) is 0 Å². The van der Waals surface area contributed by atoms with Gasteiger partial charge in [-0.05, 0) is 0 Å². The van der Waals surface area contributed by atoms with E-state index in [0.717, 1.165) is 44.6 Å². The van der Waals surface area contributed by atoms with Crippen molar-refractivity contribution in [1.29, 1.82) is 0 Å². The molecule has 420 valence electrons. The van der Waals surface area contributed by atoms with Crippen LogP contribution in [0.25, 0.3) is 0 Å². The Hall–Kier alpha value is -0.631. The third-order valence-electron chi connectivity index (χ3n) is 17.1. The zero-order valence-electron chi connectivity index (χ0n) is 52.5. The normalized spacial score (nSPS) is 19.5. The van der Waals surface area contributed by atoms with E-state index < -0.39 is 58.8 Å². The van der Waals surface area contributed by atoms with Gasteiger partial charge in [-0.2, -0.15) is 49.2 Å². The first-order valence-corrected chi connectivity index (χ1v) is 66.3. The van der Waals surface area contributed by atoms with E-state index in [1.165, 1.54) is 71.2 Å². The Morgan fingerprint density at radius 1 is 0.440 bits per heavy atom. The van der Waals surface area contributed by atoms with Gasteiger partial charge >= 0.3 is 400 Å². The van der Waals surface area contributed by atoms with Gasteiger partial charge in [0.25, 0.3) is 0 Å². The van der Waals surface area contributed by atoms with Crippen LogP contribution in [0.15, 0.2) is 84.9 Å². The maximum absolute atomic E-state index is 13.1. The van der Waals surface area contributed by atoms with Gasteiger partial charge in [-0.1, -0.05) is 12.1 Å². The number of fused-ring (bicyclic) bond motifs is 1. The van der Waals surface area contributed by atoms with E-state index >= 15 is 0 Å². The number of aromatic hydroxyl groups is 2. The van der Waals surface area contributed by atoms with E-state index in [-0.39, 0.29) is 26.3 Å². The number of rotatable bonds is 12. The molecule has 0 aromatic heterocycles. The fraction of sp³-hybridized carbons (Fsp3) is 0.581. The van der Waals surface area contributed by atoms with Crippen LogP contribution in [-0.2, 0) is 37.8 Å². The van der Waals surface area contributed by atoms with Gasteiger partial charge < -0.3 is 0 Å². The zero-order valence-corrected chi connectivity index (χ0v) is 63.7. The SMILES string of the molecule is CC(C)(C)c1cc(C[S]2=[Ti]=[S@@](Cc3cc(C(C)(C)C)cc([Si]([Si](C)(C)C)([Si](C)(C)C)[Si](C)(C)C)c3O)C3CCCCCC[C@@H]32)c(O)c([Si]([Si](C)(C)C)([Si](C)(C)C)[Si](C)(C)C)c1.[CH2-]c1ccccc1.[CH2-]c1ccccc1. The van der Waals surface area contributed by atoms with E-state index in [1.54, 1.807) is 0 Å². The molecule has 2 unspecified atom stereocenters. The molecule has 2 N–H and O–H groups in total. The molecule has 1 aliphatic carbocycles. The molecular formula is C62H110O2S2Si8Ti-2. The summed E-state index contributed by atoms with van der Waals surface area (Å²) in [6.45, 7) is 66.2. The summed E-state index contributed by atoms with van der Waals surface area (Å²) >= 11 is -0.321. The monoisotopic (exact) mass is 1220 g/mol. The van der Waals surface area contributed by atoms with Crippen molar-refractivity contribution in [2.45, 2.75) is 231 Å². The van der Waals surface area contributed by atoms with E-state index in [2.05, 4.69) is 198 Å². The van der Waals surface area contributed by atoms with Crippen molar-refractivity contribution < 1.29 is 25.7 Å². The van der Waals surface area contributed by atoms with Gasteiger partial charge in [0.1, 0.15) is 0 Å². The topological polar surface area (TPSA) is 40.5 Å². The van der Waals surface area contributed by atoms with Crippen molar-refractivity contribution >= 4 is 85.1 Å². The first kappa shape index (κ1) is 66.9. The van der Waals surface area contributed by atoms with Crippen LogP contribution in [0.1, 0.15) is 113 Å². The third kappa shape index (κ3) is 14.9. The minimum Gasteiger partial charge on any atom is -0.199 e. The number of hydrogen-bond donors (Lipinski definition) is 2. The molecule has 1 saturated carbocycles. The first-order valence-electron chi connectivity index (χ1n) is 28.6. The molecule has 0 saturated heterocycles. The molecular weight excluding hydrogens is 1110 g/mol. The molecule has 1 fully saturated rings. The molecule has 4 atom stereocenters. The summed E-state index contributed by atoms with van der Waals surface area (Å²) in [6.07, 6.45) is 8.26. The predicted octanol–water partition coefficient (Wildman–Crippen LogP) is 18.5. The standard InChI is InChI=1S/C48H96O2S2Si8.2C7H7.Ti/c1-47(2,3)39-31-37(45(49)43(33-39)59(53(7,8)9,54(10,11)12)55(13,14)15)35-51-41-29-27-25-26-28-30-42(41)52-36-38-32-40(48(4,5)6)34-44(46(38)50)60(56(16,17)18,57(19,20)21)58(22,23)24;2*1-7-5-3-2-4-6-7;/h31-34,41-42,49-50H,25-30,35-36H2,1-24H3;2*2-6H,1H2;/q;2*-1;/t41-,42?;;;/m0.../s1. The summed E-state index contributed by atoms with van der Waals surface area (Å²) in [5, 5.41) is 30.8. The van der Waals surface area contributed by atoms with Crippen LogP contribution in [0.3, 0.4) is 0 Å². The average molecular weight is 1220 g/mol. The van der Waals surface area contributed by atoms with Gasteiger partial charge in [-0.25, -0.2) is 0 Å². The van der Waals surface area contributed by atoms with E-state index in [0.29, 0.717) is 15.9 Å². The number of phenolic OH excluding ortho intramolecular Hbond substituents is 2. The van der Waals surface area contributed by atoms with Crippen LogP contribution >= 0.6 is 15.9 Å². The summed E-state index contributed by atoms with van der Waals surface area (Å²) in [4.78, 5) is 0. The van der Waals surface area contributed by atoms with Crippen LogP contribution in [0.4, 0.5) is 0 Å². The Balaban J connectivity index is 0.000000745. The van der Waals surface area contributed by atoms with Crippen LogP contribution in [0.5, 0.6) is 11.5 Å². The Bertz CT molecular complexity index is 2380. The number of phenols is 2. The Morgan fingerprint density at radius 2 is 0.707 bits per heavy atom. The van der Waals surface area contributed by atoms with Crippen LogP contribution in [0.2, 0.25) is 118 Å². The maximum atomic E-state index is 13.1. The molecule has 13 heteroatoms. The molecule has 6 rings (SSSR count). The first-order chi connectivity index (χ1) is 34.0. The van der Waals surface area contributed by atoms with Gasteiger partial charge in [0, 0.05) is 0 Å². The zero-order chi connectivity index (χ0) is 57.3. The number of hydrogen-bond acceptors (Lipinski definition) is 2. The second kappa shape index (κ2) is 24.8. The summed E-state index contributed by atoms with van der Waals surface area (Å²) < 4.78 is 0. The Morgan fingerprint density at radius 3 is 0.920 bits per heavy atom. The molecule has 4 aromatic carbocycles. The molecule has 2 nitrogen and oxygen atoms in total. The second-order valence-electron chi connectivity index (χ2n) is 30.8. The van der Waals surface area contributed by atoms with E-state index in [4.69, 9.17) is 0 Å². The Labute approximate surface area is 480 Å². The Kier molecular flexibility index (Phi) is 22.2. The van der Waals surface area contributed by atoms with Gasteiger partial charge in [0.15, 0.2) is 0 Å². The molecule has 75 heavy (non-hydrogen) atoms. The molecule has 1 heterocycles. The van der Waals surface area contributed by atoms with Gasteiger partial charge in [-0.3, -0.25) is 0 Å². The average Bonchev–Trinajstić information content (AvgIpc) is 3.51. The molecule has 1 aliphatic heterocycles. The quantitative estimate of drug-likeness (QED) is 0.110. The van der Waals surface area contributed by atoms with Crippen LogP contribution in [-0.4, -0.2) is 79.5 Å². The molecule has 0 amide bonds. The van der Waals surface area contributed by atoms with E-state index in [1.807, 2.05) is 60.7 Å². The van der Waals surface area contributed by atoms with Gasteiger partial charge in [0.05, 0.1) is 0 Å². The van der Waals surface area contributed by atoms with Gasteiger partial charge in [-0.15, -0.1) is 24.3 Å². The van der Waals surface area contributed by atoms with Crippen molar-refractivity contribution in [1.82, 2.24) is 0 Å². The van der Waals surface area contributed by atoms with Crippen molar-refractivity contribution in [3.8, 4) is 11.5 Å². The molecule has 0 bridgehead atoms. The predicted molar refractivity (Wildman–Crippen MR) is 364 cm³/mol. The van der Waals surface area contributed by atoms with Crippen LogP contribution in [0, 0.1) is 13.8 Å². The van der Waals surface area contributed by atoms with E-state index in [9.17, 15) is 10.2 Å². The summed E-state index contributed by atoms with van der Waals surface area (Å²) in [5.41, 5.74) is 7.79. The molecule has 0 radical (unpaired) electrons. The molecule has 0 spiro atoms. The smallest absolute Gasteiger partial charge is 0.0866 e. The summed E-state index contributed by atoms with van der Waals surface area (Å²) in [7, 11) is -9.57.